The van der Waals surface area contributed by atoms with Gasteiger partial charge < -0.3 is 14.6 Å². The molecule has 0 radical (unpaired) electrons. The van der Waals surface area contributed by atoms with Gasteiger partial charge in [0.15, 0.2) is 11.5 Å². The van der Waals surface area contributed by atoms with Crippen LogP contribution in [0.25, 0.3) is 0 Å². The summed E-state index contributed by atoms with van der Waals surface area (Å²) in [6, 6.07) is 10.4. The summed E-state index contributed by atoms with van der Waals surface area (Å²) in [6.07, 6.45) is 2.73. The van der Waals surface area contributed by atoms with Crippen molar-refractivity contribution in [3.05, 3.63) is 65.2 Å². The zero-order valence-corrected chi connectivity index (χ0v) is 19.2. The molecule has 0 aliphatic carbocycles. The molecular formula is C26H36O3. The molecule has 1 N–H and O–H groups in total. The Morgan fingerprint density at radius 1 is 0.862 bits per heavy atom. The van der Waals surface area contributed by atoms with E-state index in [9.17, 15) is 5.11 Å². The average molecular weight is 397 g/mol. The van der Waals surface area contributed by atoms with Gasteiger partial charge in [0, 0.05) is 5.92 Å². The number of ether oxygens (including phenoxy) is 2. The molecule has 0 saturated carbocycles. The van der Waals surface area contributed by atoms with Gasteiger partial charge in [0.2, 0.25) is 0 Å². The van der Waals surface area contributed by atoms with Gasteiger partial charge >= 0.3 is 0 Å². The summed E-state index contributed by atoms with van der Waals surface area (Å²) in [6.45, 7) is 16.8. The van der Waals surface area contributed by atoms with Crippen LogP contribution in [-0.2, 0) is 10.8 Å². The zero-order chi connectivity index (χ0) is 22.0. The van der Waals surface area contributed by atoms with Crippen LogP contribution in [0.4, 0.5) is 0 Å². The van der Waals surface area contributed by atoms with Crippen molar-refractivity contribution in [2.24, 2.45) is 0 Å². The van der Waals surface area contributed by atoms with Crippen molar-refractivity contribution < 1.29 is 14.6 Å². The van der Waals surface area contributed by atoms with Gasteiger partial charge in [-0.25, -0.2) is 0 Å². The van der Waals surface area contributed by atoms with E-state index in [1.54, 1.807) is 14.2 Å². The minimum atomic E-state index is -0.170. The van der Waals surface area contributed by atoms with E-state index in [0.717, 1.165) is 23.1 Å². The molecule has 0 aliphatic rings. The lowest BCUT2D eigenvalue weighted by Crippen LogP contribution is -2.18. The van der Waals surface area contributed by atoms with Gasteiger partial charge in [-0.2, -0.15) is 0 Å². The van der Waals surface area contributed by atoms with Crippen LogP contribution in [0.5, 0.6) is 17.2 Å². The first-order chi connectivity index (χ1) is 13.4. The van der Waals surface area contributed by atoms with Crippen molar-refractivity contribution in [2.45, 2.75) is 64.7 Å². The van der Waals surface area contributed by atoms with Crippen LogP contribution < -0.4 is 9.47 Å². The van der Waals surface area contributed by atoms with Crippen LogP contribution in [0.3, 0.4) is 0 Å². The van der Waals surface area contributed by atoms with Gasteiger partial charge in [-0.15, -0.1) is 6.58 Å². The SMILES string of the molecule is C=CCC(c1ccc(OC)c(OC)c1)c1cc(C(C)(C)C)c(O)c(C(C)(C)C)c1. The van der Waals surface area contributed by atoms with Crippen LogP contribution in [0, 0.1) is 0 Å². The number of rotatable bonds is 6. The van der Waals surface area contributed by atoms with Crippen LogP contribution >= 0.6 is 0 Å². The first-order valence-corrected chi connectivity index (χ1v) is 10.1. The summed E-state index contributed by atoms with van der Waals surface area (Å²) in [4.78, 5) is 0. The molecule has 0 spiro atoms. The van der Waals surface area contributed by atoms with Crippen LogP contribution in [-0.4, -0.2) is 19.3 Å². The first-order valence-electron chi connectivity index (χ1n) is 10.1. The predicted molar refractivity (Wildman–Crippen MR) is 122 cm³/mol. The van der Waals surface area contributed by atoms with Crippen molar-refractivity contribution in [3.8, 4) is 17.2 Å². The van der Waals surface area contributed by atoms with Crippen LogP contribution in [0.1, 0.15) is 76.1 Å². The Morgan fingerprint density at radius 2 is 1.38 bits per heavy atom. The van der Waals surface area contributed by atoms with Crippen LogP contribution in [0.2, 0.25) is 0 Å². The summed E-state index contributed by atoms with van der Waals surface area (Å²) in [7, 11) is 3.30. The number of aromatic hydroxyl groups is 1. The standard InChI is InChI=1S/C26H36O3/c1-10-11-19(17-12-13-22(28-8)23(16-17)29-9)18-14-20(25(2,3)4)24(27)21(15-18)26(5,6)7/h10,12-16,19,27H,1,11H2,2-9H3. The number of methoxy groups -OCH3 is 2. The maximum atomic E-state index is 11.1. The third-order valence-corrected chi connectivity index (χ3v) is 5.36. The Balaban J connectivity index is 2.75. The highest BCUT2D eigenvalue weighted by Gasteiger charge is 2.28. The molecule has 3 heteroatoms. The Kier molecular flexibility index (Phi) is 6.72. The van der Waals surface area contributed by atoms with E-state index in [0.29, 0.717) is 17.2 Å². The first kappa shape index (κ1) is 22.9. The smallest absolute Gasteiger partial charge is 0.161 e. The van der Waals surface area contributed by atoms with Gasteiger partial charge in [-0.1, -0.05) is 65.8 Å². The summed E-state index contributed by atoms with van der Waals surface area (Å²) < 4.78 is 10.9. The molecule has 0 saturated heterocycles. The molecule has 0 amide bonds. The third-order valence-electron chi connectivity index (χ3n) is 5.36. The summed E-state index contributed by atoms with van der Waals surface area (Å²) in [5.74, 6) is 1.93. The van der Waals surface area contributed by atoms with Gasteiger partial charge in [-0.05, 0) is 51.6 Å². The molecule has 2 aromatic rings. The number of hydrogen-bond donors (Lipinski definition) is 1. The van der Waals surface area contributed by atoms with Crippen LogP contribution in [0.15, 0.2) is 43.0 Å². The fraction of sp³-hybridized carbons (Fsp3) is 0.462. The lowest BCUT2D eigenvalue weighted by Gasteiger charge is -2.30. The minimum absolute atomic E-state index is 0.107. The number of phenolic OH excluding ortho intramolecular Hbond substituents is 1. The van der Waals surface area contributed by atoms with Crippen molar-refractivity contribution >= 4 is 0 Å². The molecule has 0 aromatic heterocycles. The van der Waals surface area contributed by atoms with E-state index in [2.05, 4.69) is 66.3 Å². The number of benzene rings is 2. The molecule has 3 nitrogen and oxygen atoms in total. The molecule has 158 valence electrons. The maximum absolute atomic E-state index is 11.1. The van der Waals surface area contributed by atoms with Gasteiger partial charge in [0.25, 0.3) is 0 Å². The monoisotopic (exact) mass is 396 g/mol. The Bertz CT molecular complexity index is 831. The summed E-state index contributed by atoms with van der Waals surface area (Å²) in [5.41, 5.74) is 3.90. The largest absolute Gasteiger partial charge is 0.507 e. The highest BCUT2D eigenvalue weighted by molar-refractivity contribution is 5.53. The topological polar surface area (TPSA) is 38.7 Å². The van der Waals surface area contributed by atoms with Crippen molar-refractivity contribution in [3.63, 3.8) is 0 Å². The second-order valence-electron chi connectivity index (χ2n) is 9.66. The molecule has 1 atom stereocenters. The summed E-state index contributed by atoms with van der Waals surface area (Å²) in [5, 5.41) is 11.1. The van der Waals surface area contributed by atoms with E-state index in [1.165, 1.54) is 5.56 Å². The van der Waals surface area contributed by atoms with Crippen molar-refractivity contribution in [1.29, 1.82) is 0 Å². The lowest BCUT2D eigenvalue weighted by atomic mass is 9.76. The third kappa shape index (κ3) is 4.95. The van der Waals surface area contributed by atoms with Gasteiger partial charge in [0.1, 0.15) is 5.75 Å². The molecule has 0 heterocycles. The molecule has 0 fully saturated rings. The second-order valence-corrected chi connectivity index (χ2v) is 9.66. The molecule has 0 aliphatic heterocycles. The fourth-order valence-corrected chi connectivity index (χ4v) is 3.70. The fourth-order valence-electron chi connectivity index (χ4n) is 3.70. The van der Waals surface area contributed by atoms with E-state index in [4.69, 9.17) is 9.47 Å². The average Bonchev–Trinajstić information content (AvgIpc) is 2.64. The number of allylic oxidation sites excluding steroid dienone is 1. The Labute approximate surface area is 176 Å². The molecule has 1 unspecified atom stereocenters. The van der Waals surface area contributed by atoms with Gasteiger partial charge in [0.05, 0.1) is 14.2 Å². The molecule has 2 rings (SSSR count). The molecule has 2 aromatic carbocycles. The Morgan fingerprint density at radius 3 is 1.79 bits per heavy atom. The lowest BCUT2D eigenvalue weighted by molar-refractivity contribution is 0.354. The van der Waals surface area contributed by atoms with Crippen molar-refractivity contribution in [2.75, 3.05) is 14.2 Å². The normalized spacial score (nSPS) is 13.1. The summed E-state index contributed by atoms with van der Waals surface area (Å²) >= 11 is 0. The number of hydrogen-bond acceptors (Lipinski definition) is 3. The minimum Gasteiger partial charge on any atom is -0.507 e. The molecular weight excluding hydrogens is 360 g/mol. The maximum Gasteiger partial charge on any atom is 0.161 e. The van der Waals surface area contributed by atoms with E-state index in [-0.39, 0.29) is 16.7 Å². The molecule has 29 heavy (non-hydrogen) atoms. The Hall–Kier alpha value is -2.42. The van der Waals surface area contributed by atoms with E-state index in [1.807, 2.05) is 18.2 Å². The quantitative estimate of drug-likeness (QED) is 0.551. The van der Waals surface area contributed by atoms with Crippen molar-refractivity contribution in [1.82, 2.24) is 0 Å². The predicted octanol–water partition coefficient (Wildman–Crippen LogP) is 6.71. The number of phenols is 1. The van der Waals surface area contributed by atoms with Gasteiger partial charge in [-0.3, -0.25) is 0 Å². The highest BCUT2D eigenvalue weighted by Crippen LogP contribution is 2.43. The zero-order valence-electron chi connectivity index (χ0n) is 19.2. The van der Waals surface area contributed by atoms with E-state index >= 15 is 0 Å². The second kappa shape index (κ2) is 8.52. The highest BCUT2D eigenvalue weighted by atomic mass is 16.5. The van der Waals surface area contributed by atoms with E-state index < -0.39 is 0 Å². The molecule has 0 bridgehead atoms.